The average Bonchev–Trinajstić information content (AvgIpc) is 3.44. The van der Waals surface area contributed by atoms with Crippen LogP contribution in [0.25, 0.3) is 6.08 Å². The predicted molar refractivity (Wildman–Crippen MR) is 144 cm³/mol. The van der Waals surface area contributed by atoms with Crippen molar-refractivity contribution in [2.45, 2.75) is 26.3 Å². The number of benzene rings is 2. The third-order valence-corrected chi connectivity index (χ3v) is 6.38. The van der Waals surface area contributed by atoms with Crippen molar-refractivity contribution < 1.29 is 24.0 Å². The minimum absolute atomic E-state index is 0.0209. The lowest BCUT2D eigenvalue weighted by Crippen LogP contribution is -2.32. The number of non-ortho nitro benzene ring substituents is 1. The molecule has 1 N–H and O–H groups in total. The van der Waals surface area contributed by atoms with Crippen molar-refractivity contribution in [3.8, 4) is 0 Å². The molecule has 0 spiro atoms. The number of imidazole rings is 1. The van der Waals surface area contributed by atoms with Gasteiger partial charge in [0, 0.05) is 42.5 Å². The summed E-state index contributed by atoms with van der Waals surface area (Å²) in [6.45, 7) is 4.00. The molecule has 0 radical (unpaired) electrons. The fourth-order valence-electron chi connectivity index (χ4n) is 4.59. The molecule has 1 unspecified atom stereocenters. The average molecular weight is 529 g/mol. The van der Waals surface area contributed by atoms with Crippen LogP contribution in [0.1, 0.15) is 36.5 Å². The topological polar surface area (TPSA) is 126 Å². The molecule has 200 valence electrons. The third-order valence-electron chi connectivity index (χ3n) is 6.38. The maximum Gasteiger partial charge on any atom is 0.337 e. The molecule has 2 heterocycles. The van der Waals surface area contributed by atoms with E-state index in [4.69, 9.17) is 9.47 Å². The number of esters is 2. The van der Waals surface area contributed by atoms with E-state index in [9.17, 15) is 19.7 Å². The SMILES string of the molecule is COC(=O)C1=C(C)NC(C)=C(C(=O)OC/C=C/c2ccccc2Cn2ccnc2)C1c1cccc([N+](=O)[O-])c1. The molecule has 10 nitrogen and oxygen atoms in total. The Bertz CT molecular complexity index is 1490. The third kappa shape index (κ3) is 6.12. The smallest absolute Gasteiger partial charge is 0.337 e. The van der Waals surface area contributed by atoms with E-state index in [1.807, 2.05) is 41.1 Å². The van der Waals surface area contributed by atoms with E-state index in [0.717, 1.165) is 11.1 Å². The molecule has 0 bridgehead atoms. The van der Waals surface area contributed by atoms with Crippen LogP contribution in [-0.4, -0.2) is 40.1 Å². The molecule has 4 rings (SSSR count). The summed E-state index contributed by atoms with van der Waals surface area (Å²) in [5.74, 6) is -2.21. The van der Waals surface area contributed by atoms with E-state index in [0.29, 0.717) is 23.5 Å². The molecule has 1 aliphatic rings. The summed E-state index contributed by atoms with van der Waals surface area (Å²) >= 11 is 0. The van der Waals surface area contributed by atoms with Gasteiger partial charge in [0.2, 0.25) is 0 Å². The summed E-state index contributed by atoms with van der Waals surface area (Å²) in [5.41, 5.74) is 3.62. The van der Waals surface area contributed by atoms with Crippen LogP contribution in [0.15, 0.2) is 95.9 Å². The van der Waals surface area contributed by atoms with E-state index in [-0.39, 0.29) is 23.4 Å². The lowest BCUT2D eigenvalue weighted by molar-refractivity contribution is -0.384. The monoisotopic (exact) mass is 528 g/mol. The molecular weight excluding hydrogens is 500 g/mol. The van der Waals surface area contributed by atoms with Gasteiger partial charge in [-0.05, 0) is 36.6 Å². The minimum Gasteiger partial charge on any atom is -0.466 e. The number of carbonyl (C=O) groups is 2. The van der Waals surface area contributed by atoms with Crippen molar-refractivity contribution >= 4 is 23.7 Å². The number of hydrogen-bond donors (Lipinski definition) is 1. The molecular formula is C29H28N4O6. The Morgan fingerprint density at radius 2 is 1.85 bits per heavy atom. The van der Waals surface area contributed by atoms with E-state index < -0.39 is 22.8 Å². The second-order valence-electron chi connectivity index (χ2n) is 8.91. The Morgan fingerprint density at radius 1 is 1.10 bits per heavy atom. The number of hydrogen-bond acceptors (Lipinski definition) is 8. The molecule has 39 heavy (non-hydrogen) atoms. The number of carbonyl (C=O) groups excluding carboxylic acids is 2. The van der Waals surface area contributed by atoms with Crippen LogP contribution in [-0.2, 0) is 25.6 Å². The number of methoxy groups -OCH3 is 1. The van der Waals surface area contributed by atoms with Gasteiger partial charge in [-0.3, -0.25) is 10.1 Å². The molecule has 1 aliphatic heterocycles. The standard InChI is InChI=1S/C29H28N4O6/c1-19-25(28(34)38-3)27(22-10-6-12-24(16-22)33(36)37)26(20(2)31-19)29(35)39-15-7-11-21-8-4-5-9-23(21)17-32-14-13-30-18-32/h4-14,16,18,27,31H,15,17H2,1-3H3/b11-7+. The molecule has 3 aromatic rings. The molecule has 0 saturated carbocycles. The van der Waals surface area contributed by atoms with Gasteiger partial charge in [0.05, 0.1) is 35.4 Å². The van der Waals surface area contributed by atoms with Gasteiger partial charge in [0.15, 0.2) is 0 Å². The molecule has 0 aliphatic carbocycles. The predicted octanol–water partition coefficient (Wildman–Crippen LogP) is 4.50. The van der Waals surface area contributed by atoms with Crippen LogP contribution in [0, 0.1) is 10.1 Å². The van der Waals surface area contributed by atoms with Crippen LogP contribution >= 0.6 is 0 Å². The Morgan fingerprint density at radius 3 is 2.54 bits per heavy atom. The van der Waals surface area contributed by atoms with Crippen LogP contribution < -0.4 is 5.32 Å². The molecule has 2 aromatic carbocycles. The first kappa shape index (κ1) is 27.1. The summed E-state index contributed by atoms with van der Waals surface area (Å²) in [6.07, 6.45) is 8.96. The Kier molecular flexibility index (Phi) is 8.35. The number of nitrogens with zero attached hydrogens (tertiary/aromatic N) is 3. The zero-order valence-electron chi connectivity index (χ0n) is 21.8. The first-order chi connectivity index (χ1) is 18.8. The molecule has 0 fully saturated rings. The largest absolute Gasteiger partial charge is 0.466 e. The second kappa shape index (κ2) is 12.0. The first-order valence-electron chi connectivity index (χ1n) is 12.2. The van der Waals surface area contributed by atoms with Crippen LogP contribution in [0.4, 0.5) is 5.69 Å². The molecule has 0 saturated heterocycles. The summed E-state index contributed by atoms with van der Waals surface area (Å²) in [4.78, 5) is 41.1. The zero-order valence-corrected chi connectivity index (χ0v) is 21.8. The molecule has 0 amide bonds. The number of rotatable bonds is 9. The van der Waals surface area contributed by atoms with Gasteiger partial charge >= 0.3 is 11.9 Å². The number of allylic oxidation sites excluding steroid dienone is 2. The van der Waals surface area contributed by atoms with Gasteiger partial charge in [-0.2, -0.15) is 0 Å². The second-order valence-corrected chi connectivity index (χ2v) is 8.91. The number of dihydropyridines is 1. The van der Waals surface area contributed by atoms with Crippen molar-refractivity contribution in [2.75, 3.05) is 13.7 Å². The number of aromatic nitrogens is 2. The van der Waals surface area contributed by atoms with E-state index in [1.54, 1.807) is 38.5 Å². The maximum atomic E-state index is 13.4. The molecule has 1 aromatic heterocycles. The summed E-state index contributed by atoms with van der Waals surface area (Å²) in [5, 5.41) is 14.5. The highest BCUT2D eigenvalue weighted by Crippen LogP contribution is 2.40. The first-order valence-corrected chi connectivity index (χ1v) is 12.2. The van der Waals surface area contributed by atoms with E-state index >= 15 is 0 Å². The Labute approximate surface area is 225 Å². The maximum absolute atomic E-state index is 13.4. The zero-order chi connectivity index (χ0) is 27.9. The van der Waals surface area contributed by atoms with Crippen molar-refractivity contribution in [1.82, 2.24) is 14.9 Å². The van der Waals surface area contributed by atoms with Crippen LogP contribution in [0.2, 0.25) is 0 Å². The lowest BCUT2D eigenvalue weighted by atomic mass is 9.80. The van der Waals surface area contributed by atoms with Crippen molar-refractivity contribution in [2.24, 2.45) is 0 Å². The minimum atomic E-state index is -0.911. The van der Waals surface area contributed by atoms with E-state index in [2.05, 4.69) is 10.3 Å². The van der Waals surface area contributed by atoms with Crippen molar-refractivity contribution in [3.63, 3.8) is 0 Å². The molecule has 10 heteroatoms. The number of ether oxygens (including phenoxy) is 2. The number of nitro benzene ring substituents is 1. The lowest BCUT2D eigenvalue weighted by Gasteiger charge is -2.30. The highest BCUT2D eigenvalue weighted by molar-refractivity contribution is 6.00. The van der Waals surface area contributed by atoms with Gasteiger partial charge in [0.25, 0.3) is 5.69 Å². The normalized spacial score (nSPS) is 15.3. The Balaban J connectivity index is 1.58. The summed E-state index contributed by atoms with van der Waals surface area (Å²) < 4.78 is 12.5. The number of nitro groups is 1. The van der Waals surface area contributed by atoms with Gasteiger partial charge < -0.3 is 19.4 Å². The quantitative estimate of drug-likeness (QED) is 0.244. The summed E-state index contributed by atoms with van der Waals surface area (Å²) in [6, 6.07) is 13.7. The van der Waals surface area contributed by atoms with Crippen molar-refractivity contribution in [3.05, 3.63) is 123 Å². The fraction of sp³-hybridized carbons (Fsp3) is 0.207. The van der Waals surface area contributed by atoms with Crippen molar-refractivity contribution in [1.29, 1.82) is 0 Å². The van der Waals surface area contributed by atoms with Gasteiger partial charge in [-0.1, -0.05) is 42.5 Å². The Hall–Kier alpha value is -4.99. The molecule has 1 atom stereocenters. The summed E-state index contributed by atoms with van der Waals surface area (Å²) in [7, 11) is 1.24. The highest BCUT2D eigenvalue weighted by Gasteiger charge is 2.38. The van der Waals surface area contributed by atoms with Gasteiger partial charge in [-0.25, -0.2) is 14.6 Å². The number of nitrogens with one attached hydrogen (secondary N) is 1. The van der Waals surface area contributed by atoms with Gasteiger partial charge in [-0.15, -0.1) is 0 Å². The van der Waals surface area contributed by atoms with Crippen LogP contribution in [0.3, 0.4) is 0 Å². The van der Waals surface area contributed by atoms with Crippen LogP contribution in [0.5, 0.6) is 0 Å². The fourth-order valence-corrected chi connectivity index (χ4v) is 4.59. The van der Waals surface area contributed by atoms with Gasteiger partial charge in [0.1, 0.15) is 6.61 Å². The van der Waals surface area contributed by atoms with E-state index in [1.165, 1.54) is 25.3 Å². The highest BCUT2D eigenvalue weighted by atomic mass is 16.6.